The van der Waals surface area contributed by atoms with Gasteiger partial charge in [0.2, 0.25) is 0 Å². The van der Waals surface area contributed by atoms with Crippen LogP contribution in [0.3, 0.4) is 0 Å². The maximum Gasteiger partial charge on any atom is 0.281 e. The summed E-state index contributed by atoms with van der Waals surface area (Å²) in [6, 6.07) is 15.3. The van der Waals surface area contributed by atoms with E-state index >= 15 is 0 Å². The van der Waals surface area contributed by atoms with Gasteiger partial charge in [-0.3, -0.25) is 9.59 Å². The summed E-state index contributed by atoms with van der Waals surface area (Å²) < 4.78 is 0. The molecule has 0 saturated carbocycles. The predicted molar refractivity (Wildman–Crippen MR) is 115 cm³/mol. The lowest BCUT2D eigenvalue weighted by Crippen LogP contribution is -2.18. The van der Waals surface area contributed by atoms with Crippen molar-refractivity contribution in [2.24, 2.45) is 5.10 Å². The Morgan fingerprint density at radius 3 is 2.54 bits per heavy atom. The van der Waals surface area contributed by atoms with Crippen LogP contribution in [0.1, 0.15) is 32.5 Å². The zero-order valence-corrected chi connectivity index (χ0v) is 17.0. The highest BCUT2D eigenvalue weighted by atomic mass is 35.5. The van der Waals surface area contributed by atoms with Gasteiger partial charge in [-0.25, -0.2) is 5.43 Å². The van der Waals surface area contributed by atoms with Gasteiger partial charge in [0.15, 0.2) is 0 Å². The lowest BCUT2D eigenvalue weighted by atomic mass is 10.1. The molecule has 2 aromatic carbocycles. The molecule has 3 aromatic rings. The van der Waals surface area contributed by atoms with Crippen molar-refractivity contribution >= 4 is 57.8 Å². The van der Waals surface area contributed by atoms with E-state index in [4.69, 9.17) is 23.2 Å². The second-order valence-electron chi connectivity index (χ2n) is 5.77. The molecule has 0 atom stereocenters. The molecule has 0 aliphatic heterocycles. The van der Waals surface area contributed by atoms with Crippen molar-refractivity contribution in [2.45, 2.75) is 6.92 Å². The molecule has 0 aliphatic rings. The van der Waals surface area contributed by atoms with Crippen molar-refractivity contribution in [1.82, 2.24) is 5.43 Å². The van der Waals surface area contributed by atoms with Gasteiger partial charge in [0.05, 0.1) is 21.2 Å². The van der Waals surface area contributed by atoms with Crippen LogP contribution in [-0.2, 0) is 0 Å². The zero-order chi connectivity index (χ0) is 20.1. The number of amides is 2. The Morgan fingerprint density at radius 1 is 1.00 bits per heavy atom. The van der Waals surface area contributed by atoms with E-state index in [1.54, 1.807) is 49.4 Å². The highest BCUT2D eigenvalue weighted by Crippen LogP contribution is 2.22. The number of carbonyl (C=O) groups excluding carboxylic acids is 2. The molecule has 1 aromatic heterocycles. The second kappa shape index (κ2) is 9.01. The van der Waals surface area contributed by atoms with Crippen molar-refractivity contribution in [3.8, 4) is 0 Å². The number of benzene rings is 2. The van der Waals surface area contributed by atoms with Crippen molar-refractivity contribution in [1.29, 1.82) is 0 Å². The van der Waals surface area contributed by atoms with Crippen LogP contribution in [-0.4, -0.2) is 17.5 Å². The first-order chi connectivity index (χ1) is 13.4. The molecule has 142 valence electrons. The number of halogens is 2. The van der Waals surface area contributed by atoms with E-state index in [2.05, 4.69) is 15.8 Å². The fourth-order valence-electron chi connectivity index (χ4n) is 2.36. The van der Waals surface area contributed by atoms with Gasteiger partial charge in [-0.05, 0) is 54.3 Å². The number of anilines is 1. The van der Waals surface area contributed by atoms with E-state index in [9.17, 15) is 9.59 Å². The number of hydrogen-bond donors (Lipinski definition) is 2. The lowest BCUT2D eigenvalue weighted by molar-refractivity contribution is 0.0958. The molecule has 8 heteroatoms. The zero-order valence-electron chi connectivity index (χ0n) is 14.7. The van der Waals surface area contributed by atoms with Crippen molar-refractivity contribution in [3.05, 3.63) is 86.0 Å². The van der Waals surface area contributed by atoms with E-state index in [0.29, 0.717) is 26.9 Å². The number of nitrogens with zero attached hydrogens (tertiary/aromatic N) is 1. The number of hydrazone groups is 1. The monoisotopic (exact) mass is 431 g/mol. The Bertz CT molecular complexity index is 1050. The average Bonchev–Trinajstić information content (AvgIpc) is 3.20. The first-order valence-electron chi connectivity index (χ1n) is 8.19. The average molecular weight is 432 g/mol. The first kappa shape index (κ1) is 20.1. The minimum atomic E-state index is -0.348. The number of carbonyl (C=O) groups is 2. The molecular formula is C20H15Cl2N3O2S. The highest BCUT2D eigenvalue weighted by Gasteiger charge is 2.12. The van der Waals surface area contributed by atoms with E-state index in [1.165, 1.54) is 17.4 Å². The van der Waals surface area contributed by atoms with Crippen LogP contribution >= 0.6 is 34.5 Å². The molecule has 5 nitrogen and oxygen atoms in total. The quantitative estimate of drug-likeness (QED) is 0.415. The maximum atomic E-state index is 12.4. The third-order valence-corrected chi connectivity index (χ3v) is 5.20. The topological polar surface area (TPSA) is 70.6 Å². The van der Waals surface area contributed by atoms with Gasteiger partial charge in [-0.1, -0.05) is 41.4 Å². The molecule has 0 spiro atoms. The Labute approximate surface area is 176 Å². The third-order valence-electron chi connectivity index (χ3n) is 3.78. The number of hydrogen-bond acceptors (Lipinski definition) is 4. The van der Waals surface area contributed by atoms with Crippen LogP contribution < -0.4 is 10.7 Å². The summed E-state index contributed by atoms with van der Waals surface area (Å²) in [7, 11) is 0. The van der Waals surface area contributed by atoms with Crippen molar-refractivity contribution < 1.29 is 9.59 Å². The Morgan fingerprint density at radius 2 is 1.82 bits per heavy atom. The SMILES string of the molecule is CC(=NNC(=O)c1cccs1)c1cccc(NC(=O)c2ccc(Cl)cc2Cl)c1. The third kappa shape index (κ3) is 4.98. The molecule has 0 saturated heterocycles. The number of thiophene rings is 1. The summed E-state index contributed by atoms with van der Waals surface area (Å²) in [6.07, 6.45) is 0. The predicted octanol–water partition coefficient (Wildman–Crippen LogP) is 5.46. The first-order valence-corrected chi connectivity index (χ1v) is 9.82. The summed E-state index contributed by atoms with van der Waals surface area (Å²) in [6.45, 7) is 1.77. The van der Waals surface area contributed by atoms with Crippen molar-refractivity contribution in [3.63, 3.8) is 0 Å². The fraction of sp³-hybridized carbons (Fsp3) is 0.0500. The Hall–Kier alpha value is -2.67. The van der Waals surface area contributed by atoms with Gasteiger partial charge in [-0.15, -0.1) is 11.3 Å². The summed E-state index contributed by atoms with van der Waals surface area (Å²) in [5, 5.41) is 9.48. The molecule has 1 heterocycles. The number of rotatable bonds is 5. The largest absolute Gasteiger partial charge is 0.322 e. The van der Waals surface area contributed by atoms with E-state index in [1.807, 2.05) is 11.4 Å². The molecule has 2 amide bonds. The molecule has 3 rings (SSSR count). The standard InChI is InChI=1S/C20H15Cl2N3O2S/c1-12(24-25-20(27)18-6-3-9-28-18)13-4-2-5-15(10-13)23-19(26)16-8-7-14(21)11-17(16)22/h2-11H,1H3,(H,23,26)(H,25,27). The fourth-order valence-corrected chi connectivity index (χ4v) is 3.46. The number of nitrogens with one attached hydrogen (secondary N) is 2. The molecular weight excluding hydrogens is 417 g/mol. The van der Waals surface area contributed by atoms with Gasteiger partial charge < -0.3 is 5.32 Å². The maximum absolute atomic E-state index is 12.4. The lowest BCUT2D eigenvalue weighted by Gasteiger charge is -2.09. The minimum Gasteiger partial charge on any atom is -0.322 e. The summed E-state index contributed by atoms with van der Waals surface area (Å²) >= 11 is 13.3. The molecule has 0 unspecified atom stereocenters. The minimum absolute atomic E-state index is 0.267. The molecule has 0 radical (unpaired) electrons. The Balaban J connectivity index is 1.71. The molecule has 0 aliphatic carbocycles. The van der Waals surface area contributed by atoms with E-state index in [0.717, 1.165) is 5.56 Å². The van der Waals surface area contributed by atoms with Crippen LogP contribution in [0.2, 0.25) is 10.0 Å². The summed E-state index contributed by atoms with van der Waals surface area (Å²) in [5.74, 6) is -0.615. The van der Waals surface area contributed by atoms with Gasteiger partial charge in [0.25, 0.3) is 11.8 Å². The van der Waals surface area contributed by atoms with Gasteiger partial charge in [0.1, 0.15) is 0 Å². The smallest absolute Gasteiger partial charge is 0.281 e. The van der Waals surface area contributed by atoms with Gasteiger partial charge >= 0.3 is 0 Å². The van der Waals surface area contributed by atoms with Crippen molar-refractivity contribution in [2.75, 3.05) is 5.32 Å². The van der Waals surface area contributed by atoms with Gasteiger partial charge in [0, 0.05) is 10.7 Å². The highest BCUT2D eigenvalue weighted by molar-refractivity contribution is 7.12. The second-order valence-corrected chi connectivity index (χ2v) is 7.57. The van der Waals surface area contributed by atoms with Crippen LogP contribution in [0, 0.1) is 0 Å². The summed E-state index contributed by atoms with van der Waals surface area (Å²) in [5.41, 5.74) is 4.78. The van der Waals surface area contributed by atoms with E-state index in [-0.39, 0.29) is 16.8 Å². The van der Waals surface area contributed by atoms with Crippen LogP contribution in [0.4, 0.5) is 5.69 Å². The van der Waals surface area contributed by atoms with Gasteiger partial charge in [-0.2, -0.15) is 5.10 Å². The van der Waals surface area contributed by atoms with Crippen LogP contribution in [0.5, 0.6) is 0 Å². The van der Waals surface area contributed by atoms with Crippen LogP contribution in [0.15, 0.2) is 65.1 Å². The normalized spacial score (nSPS) is 11.2. The van der Waals surface area contributed by atoms with Crippen LogP contribution in [0.25, 0.3) is 0 Å². The molecule has 2 N–H and O–H groups in total. The van der Waals surface area contributed by atoms with E-state index < -0.39 is 0 Å². The molecule has 28 heavy (non-hydrogen) atoms. The Kier molecular flexibility index (Phi) is 6.46. The molecule has 0 fully saturated rings. The molecule has 0 bridgehead atoms. The summed E-state index contributed by atoms with van der Waals surface area (Å²) in [4.78, 5) is 25.0.